The molecule has 0 saturated carbocycles. The lowest BCUT2D eigenvalue weighted by Crippen LogP contribution is -2.25. The van der Waals surface area contributed by atoms with E-state index in [0.717, 1.165) is 25.4 Å². The van der Waals surface area contributed by atoms with Crippen LogP contribution >= 0.6 is 0 Å². The molecule has 0 aliphatic carbocycles. The molecular weight excluding hydrogens is 214 g/mol. The Morgan fingerprint density at radius 1 is 1.47 bits per heavy atom. The summed E-state index contributed by atoms with van der Waals surface area (Å²) in [5.74, 6) is 0.960. The molecule has 1 aromatic rings. The number of nitrogens with one attached hydrogen (secondary N) is 1. The molecule has 3 nitrogen and oxygen atoms in total. The van der Waals surface area contributed by atoms with E-state index in [4.69, 9.17) is 9.47 Å². The van der Waals surface area contributed by atoms with Crippen LogP contribution in [0.3, 0.4) is 0 Å². The fraction of sp³-hybridized carbons (Fsp3) is 0.571. The smallest absolute Gasteiger partial charge is 0.122 e. The largest absolute Gasteiger partial charge is 0.496 e. The quantitative estimate of drug-likeness (QED) is 0.849. The van der Waals surface area contributed by atoms with Gasteiger partial charge in [-0.05, 0) is 37.0 Å². The summed E-state index contributed by atoms with van der Waals surface area (Å²) < 4.78 is 10.9. The summed E-state index contributed by atoms with van der Waals surface area (Å²) in [4.78, 5) is 0. The maximum atomic E-state index is 5.57. The molecule has 1 unspecified atom stereocenters. The van der Waals surface area contributed by atoms with Gasteiger partial charge in [0.05, 0.1) is 13.2 Å². The molecule has 2 rings (SSSR count). The van der Waals surface area contributed by atoms with Gasteiger partial charge in [-0.2, -0.15) is 0 Å². The average Bonchev–Trinajstić information content (AvgIpc) is 2.84. The molecule has 3 heteroatoms. The fourth-order valence-corrected chi connectivity index (χ4v) is 2.16. The molecule has 1 aromatic carbocycles. The van der Waals surface area contributed by atoms with Gasteiger partial charge in [-0.25, -0.2) is 0 Å². The van der Waals surface area contributed by atoms with Crippen LogP contribution in [0.2, 0.25) is 0 Å². The third-order valence-electron chi connectivity index (χ3n) is 3.20. The van der Waals surface area contributed by atoms with E-state index in [1.807, 2.05) is 0 Å². The summed E-state index contributed by atoms with van der Waals surface area (Å²) in [6, 6.07) is 6.33. The lowest BCUT2D eigenvalue weighted by molar-refractivity contribution is 0.110. The number of rotatable bonds is 5. The topological polar surface area (TPSA) is 30.5 Å². The minimum atomic E-state index is 0.405. The lowest BCUT2D eigenvalue weighted by Gasteiger charge is -2.12. The van der Waals surface area contributed by atoms with Crippen molar-refractivity contribution in [2.45, 2.75) is 32.4 Å². The molecule has 1 heterocycles. The molecule has 1 saturated heterocycles. The van der Waals surface area contributed by atoms with Crippen molar-refractivity contribution >= 4 is 0 Å². The molecule has 0 radical (unpaired) electrons. The summed E-state index contributed by atoms with van der Waals surface area (Å²) in [6.07, 6.45) is 2.79. The van der Waals surface area contributed by atoms with Crippen LogP contribution in [0.5, 0.6) is 5.75 Å². The maximum absolute atomic E-state index is 5.57. The highest BCUT2D eigenvalue weighted by molar-refractivity contribution is 5.36. The normalized spacial score (nSPS) is 19.5. The minimum absolute atomic E-state index is 0.405. The Labute approximate surface area is 103 Å². The number of hydrogen-bond acceptors (Lipinski definition) is 3. The summed E-state index contributed by atoms with van der Waals surface area (Å²) in [5.41, 5.74) is 2.43. The molecule has 94 valence electrons. The predicted molar refractivity (Wildman–Crippen MR) is 68.4 cm³/mol. The van der Waals surface area contributed by atoms with Crippen molar-refractivity contribution in [2.24, 2.45) is 0 Å². The van der Waals surface area contributed by atoms with Gasteiger partial charge in [-0.3, -0.25) is 0 Å². The standard InChI is InChI=1S/C14H21NO2/c1-11-5-6-12(8-14(11)16-2)9-15-10-13-4-3-7-17-13/h5-6,8,13,15H,3-4,7,9-10H2,1-2H3. The molecular formula is C14H21NO2. The number of methoxy groups -OCH3 is 1. The fourth-order valence-electron chi connectivity index (χ4n) is 2.16. The molecule has 1 N–H and O–H groups in total. The van der Waals surface area contributed by atoms with E-state index in [1.165, 1.54) is 24.0 Å². The summed E-state index contributed by atoms with van der Waals surface area (Å²) in [7, 11) is 1.71. The van der Waals surface area contributed by atoms with E-state index in [0.29, 0.717) is 6.10 Å². The van der Waals surface area contributed by atoms with Crippen molar-refractivity contribution in [1.29, 1.82) is 0 Å². The monoisotopic (exact) mass is 235 g/mol. The second kappa shape index (κ2) is 6.03. The zero-order valence-corrected chi connectivity index (χ0v) is 10.7. The summed E-state index contributed by atoms with van der Waals surface area (Å²) >= 11 is 0. The van der Waals surface area contributed by atoms with Crippen LogP contribution in [0.1, 0.15) is 24.0 Å². The Hall–Kier alpha value is -1.06. The Morgan fingerprint density at radius 3 is 3.06 bits per heavy atom. The maximum Gasteiger partial charge on any atom is 0.122 e. The Bertz CT molecular complexity index is 359. The zero-order valence-electron chi connectivity index (χ0n) is 10.7. The molecule has 0 spiro atoms. The van der Waals surface area contributed by atoms with Gasteiger partial charge in [0.15, 0.2) is 0 Å². The van der Waals surface area contributed by atoms with Crippen molar-refractivity contribution < 1.29 is 9.47 Å². The minimum Gasteiger partial charge on any atom is -0.496 e. The third kappa shape index (κ3) is 3.45. The second-order valence-electron chi connectivity index (χ2n) is 4.57. The molecule has 1 fully saturated rings. The molecule has 1 aliphatic heterocycles. The highest BCUT2D eigenvalue weighted by Crippen LogP contribution is 2.19. The third-order valence-corrected chi connectivity index (χ3v) is 3.20. The van der Waals surface area contributed by atoms with E-state index >= 15 is 0 Å². The highest BCUT2D eigenvalue weighted by Gasteiger charge is 2.14. The first-order chi connectivity index (χ1) is 8.29. The van der Waals surface area contributed by atoms with Crippen LogP contribution in [0.4, 0.5) is 0 Å². The van der Waals surface area contributed by atoms with E-state index in [2.05, 4.69) is 30.4 Å². The van der Waals surface area contributed by atoms with Crippen molar-refractivity contribution in [1.82, 2.24) is 5.32 Å². The zero-order chi connectivity index (χ0) is 12.1. The average molecular weight is 235 g/mol. The van der Waals surface area contributed by atoms with Crippen LogP contribution in [-0.2, 0) is 11.3 Å². The number of aryl methyl sites for hydroxylation is 1. The molecule has 0 amide bonds. The van der Waals surface area contributed by atoms with Gasteiger partial charge in [-0.15, -0.1) is 0 Å². The predicted octanol–water partition coefficient (Wildman–Crippen LogP) is 2.27. The van der Waals surface area contributed by atoms with Crippen LogP contribution < -0.4 is 10.1 Å². The number of hydrogen-bond donors (Lipinski definition) is 1. The van der Waals surface area contributed by atoms with E-state index < -0.39 is 0 Å². The van der Waals surface area contributed by atoms with Gasteiger partial charge < -0.3 is 14.8 Å². The van der Waals surface area contributed by atoms with Crippen LogP contribution in [0.15, 0.2) is 18.2 Å². The van der Waals surface area contributed by atoms with Gasteiger partial charge in [0.2, 0.25) is 0 Å². The molecule has 0 bridgehead atoms. The van der Waals surface area contributed by atoms with Crippen molar-refractivity contribution in [3.05, 3.63) is 29.3 Å². The van der Waals surface area contributed by atoms with Crippen LogP contribution in [0, 0.1) is 6.92 Å². The Morgan fingerprint density at radius 2 is 2.35 bits per heavy atom. The van der Waals surface area contributed by atoms with Gasteiger partial charge in [0, 0.05) is 19.7 Å². The van der Waals surface area contributed by atoms with Gasteiger partial charge in [0.25, 0.3) is 0 Å². The second-order valence-corrected chi connectivity index (χ2v) is 4.57. The van der Waals surface area contributed by atoms with E-state index in [-0.39, 0.29) is 0 Å². The molecule has 0 aromatic heterocycles. The SMILES string of the molecule is COc1cc(CNCC2CCCO2)ccc1C. The van der Waals surface area contributed by atoms with Crippen molar-refractivity contribution in [3.8, 4) is 5.75 Å². The van der Waals surface area contributed by atoms with Crippen molar-refractivity contribution in [3.63, 3.8) is 0 Å². The van der Waals surface area contributed by atoms with E-state index in [1.54, 1.807) is 7.11 Å². The number of benzene rings is 1. The van der Waals surface area contributed by atoms with Gasteiger partial charge >= 0.3 is 0 Å². The first kappa shape index (κ1) is 12.4. The van der Waals surface area contributed by atoms with Gasteiger partial charge in [-0.1, -0.05) is 12.1 Å². The number of ether oxygens (including phenoxy) is 2. The highest BCUT2D eigenvalue weighted by atomic mass is 16.5. The Balaban J connectivity index is 1.81. The molecule has 1 atom stereocenters. The van der Waals surface area contributed by atoms with Crippen LogP contribution in [0.25, 0.3) is 0 Å². The van der Waals surface area contributed by atoms with E-state index in [9.17, 15) is 0 Å². The lowest BCUT2D eigenvalue weighted by atomic mass is 10.1. The van der Waals surface area contributed by atoms with Gasteiger partial charge in [0.1, 0.15) is 5.75 Å². The summed E-state index contributed by atoms with van der Waals surface area (Å²) in [5, 5.41) is 3.43. The Kier molecular flexibility index (Phi) is 4.40. The molecule has 1 aliphatic rings. The summed E-state index contributed by atoms with van der Waals surface area (Å²) in [6.45, 7) is 4.79. The molecule has 17 heavy (non-hydrogen) atoms. The van der Waals surface area contributed by atoms with Crippen LogP contribution in [-0.4, -0.2) is 26.4 Å². The first-order valence-corrected chi connectivity index (χ1v) is 6.25. The first-order valence-electron chi connectivity index (χ1n) is 6.25. The van der Waals surface area contributed by atoms with Crippen molar-refractivity contribution in [2.75, 3.05) is 20.3 Å².